The van der Waals surface area contributed by atoms with Crippen LogP contribution in [0.5, 0.6) is 0 Å². The van der Waals surface area contributed by atoms with Crippen molar-refractivity contribution in [3.63, 3.8) is 0 Å². The highest BCUT2D eigenvalue weighted by Gasteiger charge is 2.23. The third-order valence-corrected chi connectivity index (χ3v) is 3.64. The lowest BCUT2D eigenvalue weighted by Gasteiger charge is -2.32. The Labute approximate surface area is 113 Å². The average molecular weight is 267 g/mol. The first-order valence-corrected chi connectivity index (χ1v) is 6.78. The molecule has 0 aliphatic carbocycles. The molecular formula is C14H19ClN2O. The Morgan fingerprint density at radius 1 is 1.44 bits per heavy atom. The predicted octanol–water partition coefficient (Wildman–Crippen LogP) is 2.41. The van der Waals surface area contributed by atoms with Gasteiger partial charge in [0.05, 0.1) is 0 Å². The van der Waals surface area contributed by atoms with Gasteiger partial charge in [-0.3, -0.25) is 4.79 Å². The van der Waals surface area contributed by atoms with Crippen molar-refractivity contribution in [2.24, 2.45) is 5.92 Å². The van der Waals surface area contributed by atoms with Crippen LogP contribution in [-0.4, -0.2) is 37.5 Å². The number of rotatable bonds is 3. The van der Waals surface area contributed by atoms with Gasteiger partial charge in [0.1, 0.15) is 0 Å². The van der Waals surface area contributed by atoms with Crippen LogP contribution in [0.1, 0.15) is 23.2 Å². The Morgan fingerprint density at radius 2 is 2.17 bits per heavy atom. The number of benzene rings is 1. The van der Waals surface area contributed by atoms with Crippen LogP contribution in [0.4, 0.5) is 0 Å². The van der Waals surface area contributed by atoms with Crippen LogP contribution in [0.25, 0.3) is 0 Å². The van der Waals surface area contributed by atoms with Gasteiger partial charge in [0.15, 0.2) is 0 Å². The maximum atomic E-state index is 12.3. The number of amides is 1. The fourth-order valence-electron chi connectivity index (χ4n) is 2.48. The molecule has 98 valence electrons. The number of hydrogen-bond acceptors (Lipinski definition) is 2. The first-order valence-electron chi connectivity index (χ1n) is 6.40. The van der Waals surface area contributed by atoms with Gasteiger partial charge in [-0.25, -0.2) is 0 Å². The van der Waals surface area contributed by atoms with Crippen LogP contribution in [0.15, 0.2) is 24.3 Å². The summed E-state index contributed by atoms with van der Waals surface area (Å²) in [4.78, 5) is 14.3. The van der Waals surface area contributed by atoms with Crippen molar-refractivity contribution in [3.8, 4) is 0 Å². The standard InChI is InChI=1S/C14H19ClN2O/c1-16-9-11-3-2-8-17(10-11)14(18)12-4-6-13(15)7-5-12/h4-7,11,16H,2-3,8-10H2,1H3. The van der Waals surface area contributed by atoms with E-state index in [4.69, 9.17) is 11.6 Å². The number of carbonyl (C=O) groups excluding carboxylic acids is 1. The average Bonchev–Trinajstić information content (AvgIpc) is 2.39. The van der Waals surface area contributed by atoms with Gasteiger partial charge in [-0.2, -0.15) is 0 Å². The van der Waals surface area contributed by atoms with Gasteiger partial charge in [-0.1, -0.05) is 11.6 Å². The Balaban J connectivity index is 2.02. The van der Waals surface area contributed by atoms with Gasteiger partial charge in [-0.05, 0) is 56.6 Å². The van der Waals surface area contributed by atoms with Crippen molar-refractivity contribution in [1.82, 2.24) is 10.2 Å². The molecule has 18 heavy (non-hydrogen) atoms. The molecule has 0 radical (unpaired) electrons. The lowest BCUT2D eigenvalue weighted by Crippen LogP contribution is -2.42. The van der Waals surface area contributed by atoms with E-state index in [1.54, 1.807) is 24.3 Å². The summed E-state index contributed by atoms with van der Waals surface area (Å²) in [6.45, 7) is 2.69. The largest absolute Gasteiger partial charge is 0.338 e. The van der Waals surface area contributed by atoms with E-state index >= 15 is 0 Å². The second-order valence-electron chi connectivity index (χ2n) is 4.82. The minimum Gasteiger partial charge on any atom is -0.338 e. The summed E-state index contributed by atoms with van der Waals surface area (Å²) < 4.78 is 0. The zero-order valence-electron chi connectivity index (χ0n) is 10.7. The van der Waals surface area contributed by atoms with Crippen molar-refractivity contribution in [2.45, 2.75) is 12.8 Å². The van der Waals surface area contributed by atoms with Crippen LogP contribution in [-0.2, 0) is 0 Å². The number of carbonyl (C=O) groups is 1. The van der Waals surface area contributed by atoms with E-state index in [1.165, 1.54) is 6.42 Å². The second kappa shape index (κ2) is 6.21. The zero-order chi connectivity index (χ0) is 13.0. The number of hydrogen-bond donors (Lipinski definition) is 1. The van der Waals surface area contributed by atoms with Crippen LogP contribution in [0.2, 0.25) is 5.02 Å². The van der Waals surface area contributed by atoms with Gasteiger partial charge in [0.25, 0.3) is 5.91 Å². The minimum atomic E-state index is 0.118. The number of nitrogens with one attached hydrogen (secondary N) is 1. The third kappa shape index (κ3) is 3.24. The Hall–Kier alpha value is -1.06. The fraction of sp³-hybridized carbons (Fsp3) is 0.500. The summed E-state index contributed by atoms with van der Waals surface area (Å²) in [6.07, 6.45) is 2.29. The molecule has 1 heterocycles. The molecule has 4 heteroatoms. The maximum absolute atomic E-state index is 12.3. The van der Waals surface area contributed by atoms with Gasteiger partial charge < -0.3 is 10.2 Å². The minimum absolute atomic E-state index is 0.118. The van der Waals surface area contributed by atoms with Crippen LogP contribution < -0.4 is 5.32 Å². The van der Waals surface area contributed by atoms with E-state index in [0.717, 1.165) is 31.6 Å². The highest BCUT2D eigenvalue weighted by molar-refractivity contribution is 6.30. The number of likely N-dealkylation sites (tertiary alicyclic amines) is 1. The fourth-order valence-corrected chi connectivity index (χ4v) is 2.61. The number of halogens is 1. The lowest BCUT2D eigenvalue weighted by atomic mass is 9.97. The Kier molecular flexibility index (Phi) is 4.61. The maximum Gasteiger partial charge on any atom is 0.253 e. The van der Waals surface area contributed by atoms with Gasteiger partial charge in [0, 0.05) is 23.7 Å². The summed E-state index contributed by atoms with van der Waals surface area (Å²) in [7, 11) is 1.96. The molecule has 0 saturated carbocycles. The SMILES string of the molecule is CNCC1CCCN(C(=O)c2ccc(Cl)cc2)C1. The number of nitrogens with zero attached hydrogens (tertiary/aromatic N) is 1. The van der Waals surface area contributed by atoms with Gasteiger partial charge in [0.2, 0.25) is 0 Å². The zero-order valence-corrected chi connectivity index (χ0v) is 11.4. The normalized spacial score (nSPS) is 19.9. The van der Waals surface area contributed by atoms with Crippen molar-refractivity contribution < 1.29 is 4.79 Å². The third-order valence-electron chi connectivity index (χ3n) is 3.39. The first-order chi connectivity index (χ1) is 8.70. The Bertz CT molecular complexity index is 403. The van der Waals surface area contributed by atoms with E-state index < -0.39 is 0 Å². The molecule has 1 saturated heterocycles. The van der Waals surface area contributed by atoms with E-state index in [2.05, 4.69) is 5.32 Å². The molecule has 1 fully saturated rings. The van der Waals surface area contributed by atoms with Crippen LogP contribution in [0.3, 0.4) is 0 Å². The van der Waals surface area contributed by atoms with Crippen molar-refractivity contribution in [2.75, 3.05) is 26.7 Å². The lowest BCUT2D eigenvalue weighted by molar-refractivity contribution is 0.0674. The topological polar surface area (TPSA) is 32.3 Å². The molecule has 3 nitrogen and oxygen atoms in total. The van der Waals surface area contributed by atoms with E-state index in [0.29, 0.717) is 10.9 Å². The van der Waals surface area contributed by atoms with Crippen molar-refractivity contribution in [3.05, 3.63) is 34.9 Å². The molecule has 1 aliphatic rings. The smallest absolute Gasteiger partial charge is 0.253 e. The second-order valence-corrected chi connectivity index (χ2v) is 5.26. The van der Waals surface area contributed by atoms with Crippen molar-refractivity contribution in [1.29, 1.82) is 0 Å². The molecule has 1 aliphatic heterocycles. The molecule has 0 aromatic heterocycles. The van der Waals surface area contributed by atoms with E-state index in [9.17, 15) is 4.79 Å². The summed E-state index contributed by atoms with van der Waals surface area (Å²) in [5.74, 6) is 0.687. The molecule has 1 amide bonds. The molecule has 1 aromatic carbocycles. The molecule has 1 atom stereocenters. The molecule has 0 spiro atoms. The number of piperidine rings is 1. The highest BCUT2D eigenvalue weighted by Crippen LogP contribution is 2.19. The highest BCUT2D eigenvalue weighted by atomic mass is 35.5. The molecule has 1 N–H and O–H groups in total. The first kappa shape index (κ1) is 13.4. The van der Waals surface area contributed by atoms with E-state index in [1.807, 2.05) is 11.9 Å². The molecular weight excluding hydrogens is 248 g/mol. The van der Waals surface area contributed by atoms with Gasteiger partial charge >= 0.3 is 0 Å². The van der Waals surface area contributed by atoms with Crippen molar-refractivity contribution >= 4 is 17.5 Å². The molecule has 1 unspecified atom stereocenters. The van der Waals surface area contributed by atoms with E-state index in [-0.39, 0.29) is 5.91 Å². The summed E-state index contributed by atoms with van der Waals surface area (Å²) in [5.41, 5.74) is 0.726. The monoisotopic (exact) mass is 266 g/mol. The summed E-state index contributed by atoms with van der Waals surface area (Å²) >= 11 is 5.83. The summed E-state index contributed by atoms with van der Waals surface area (Å²) in [6, 6.07) is 7.13. The van der Waals surface area contributed by atoms with Crippen LogP contribution >= 0.6 is 11.6 Å². The quantitative estimate of drug-likeness (QED) is 0.911. The molecule has 1 aromatic rings. The summed E-state index contributed by atoms with van der Waals surface area (Å²) in [5, 5.41) is 3.85. The van der Waals surface area contributed by atoms with Crippen LogP contribution in [0, 0.1) is 5.92 Å². The Morgan fingerprint density at radius 3 is 2.83 bits per heavy atom. The van der Waals surface area contributed by atoms with Gasteiger partial charge in [-0.15, -0.1) is 0 Å². The molecule has 0 bridgehead atoms. The molecule has 2 rings (SSSR count). The predicted molar refractivity (Wildman–Crippen MR) is 74.0 cm³/mol.